The molecule has 0 aromatic heterocycles. The number of nitrogens with zero attached hydrogens (tertiary/aromatic N) is 1. The van der Waals surface area contributed by atoms with Gasteiger partial charge in [0.05, 0.1) is 6.61 Å². The van der Waals surface area contributed by atoms with Crippen molar-refractivity contribution in [1.82, 2.24) is 10.2 Å². The van der Waals surface area contributed by atoms with Crippen molar-refractivity contribution >= 4 is 0 Å². The zero-order chi connectivity index (χ0) is 12.4. The van der Waals surface area contributed by atoms with Crippen molar-refractivity contribution < 1.29 is 4.74 Å². The smallest absolute Gasteiger partial charge is 0.0615 e. The molecule has 0 rings (SSSR count). The maximum atomic E-state index is 5.17. The van der Waals surface area contributed by atoms with Crippen molar-refractivity contribution in [3.05, 3.63) is 0 Å². The lowest BCUT2D eigenvalue weighted by Gasteiger charge is -2.30. The molecule has 0 amide bonds. The molecular formula is C13H30N2O. The molecule has 0 aliphatic rings. The Balaban J connectivity index is 3.58. The van der Waals surface area contributed by atoms with Gasteiger partial charge in [0.25, 0.3) is 0 Å². The fraction of sp³-hybridized carbons (Fsp3) is 1.00. The van der Waals surface area contributed by atoms with Gasteiger partial charge < -0.3 is 10.1 Å². The Morgan fingerprint density at radius 1 is 1.19 bits per heavy atom. The number of nitrogens with one attached hydrogen (secondary N) is 1. The summed E-state index contributed by atoms with van der Waals surface area (Å²) in [6, 6.07) is 1.05. The molecule has 0 spiro atoms. The van der Waals surface area contributed by atoms with Gasteiger partial charge in [-0.1, -0.05) is 19.8 Å². The first-order valence-corrected chi connectivity index (χ1v) is 6.55. The molecule has 0 fully saturated rings. The minimum Gasteiger partial charge on any atom is -0.383 e. The fourth-order valence-corrected chi connectivity index (χ4v) is 1.75. The van der Waals surface area contributed by atoms with Crippen LogP contribution in [0.3, 0.4) is 0 Å². The van der Waals surface area contributed by atoms with E-state index in [1.54, 1.807) is 7.11 Å². The molecule has 3 heteroatoms. The number of hydrogen-bond acceptors (Lipinski definition) is 3. The standard InChI is InChI=1S/C13H30N2O/c1-6-7-8-9-14-10-12(2)15(4)13(3)11-16-5/h12-14H,6-11H2,1-5H3. The predicted octanol–water partition coefficient (Wildman–Crippen LogP) is 2.12. The van der Waals surface area contributed by atoms with E-state index in [4.69, 9.17) is 4.74 Å². The summed E-state index contributed by atoms with van der Waals surface area (Å²) in [5, 5.41) is 3.52. The molecule has 0 bridgehead atoms. The Labute approximate surface area is 102 Å². The number of hydrogen-bond donors (Lipinski definition) is 1. The minimum atomic E-state index is 0.484. The third-order valence-corrected chi connectivity index (χ3v) is 3.20. The molecule has 0 heterocycles. The van der Waals surface area contributed by atoms with Crippen LogP contribution in [0.2, 0.25) is 0 Å². The van der Waals surface area contributed by atoms with Gasteiger partial charge in [-0.05, 0) is 33.9 Å². The third-order valence-electron chi connectivity index (χ3n) is 3.20. The van der Waals surface area contributed by atoms with E-state index in [9.17, 15) is 0 Å². The molecule has 0 aliphatic heterocycles. The normalized spacial score (nSPS) is 15.4. The van der Waals surface area contributed by atoms with Crippen molar-refractivity contribution in [2.45, 2.75) is 52.1 Å². The summed E-state index contributed by atoms with van der Waals surface area (Å²) in [4.78, 5) is 2.37. The van der Waals surface area contributed by atoms with Gasteiger partial charge >= 0.3 is 0 Å². The highest BCUT2D eigenvalue weighted by Crippen LogP contribution is 2.02. The quantitative estimate of drug-likeness (QED) is 0.582. The lowest BCUT2D eigenvalue weighted by Crippen LogP contribution is -2.44. The molecule has 0 aromatic rings. The second kappa shape index (κ2) is 10.1. The Hall–Kier alpha value is -0.120. The van der Waals surface area contributed by atoms with E-state index in [2.05, 4.69) is 38.0 Å². The molecule has 2 unspecified atom stereocenters. The van der Waals surface area contributed by atoms with E-state index in [1.165, 1.54) is 19.3 Å². The number of ether oxygens (including phenoxy) is 1. The summed E-state index contributed by atoms with van der Waals surface area (Å²) in [6.07, 6.45) is 3.92. The van der Waals surface area contributed by atoms with Gasteiger partial charge in [0, 0.05) is 25.7 Å². The molecule has 0 aliphatic carbocycles. The van der Waals surface area contributed by atoms with Gasteiger partial charge in [-0.25, -0.2) is 0 Å². The Kier molecular flexibility index (Phi) is 9.99. The molecular weight excluding hydrogens is 200 g/mol. The van der Waals surface area contributed by atoms with Crippen LogP contribution < -0.4 is 5.32 Å². The first-order valence-electron chi connectivity index (χ1n) is 6.55. The van der Waals surface area contributed by atoms with E-state index < -0.39 is 0 Å². The van der Waals surface area contributed by atoms with Crippen molar-refractivity contribution in [1.29, 1.82) is 0 Å². The second-order valence-corrected chi connectivity index (χ2v) is 4.73. The van der Waals surface area contributed by atoms with Crippen molar-refractivity contribution in [2.24, 2.45) is 0 Å². The van der Waals surface area contributed by atoms with Gasteiger partial charge in [0.1, 0.15) is 0 Å². The highest BCUT2D eigenvalue weighted by Gasteiger charge is 2.14. The van der Waals surface area contributed by atoms with Crippen molar-refractivity contribution in [2.75, 3.05) is 33.9 Å². The van der Waals surface area contributed by atoms with Gasteiger partial charge in [-0.15, -0.1) is 0 Å². The van der Waals surface area contributed by atoms with Gasteiger partial charge in [-0.3, -0.25) is 4.90 Å². The van der Waals surface area contributed by atoms with E-state index in [1.807, 2.05) is 0 Å². The molecule has 0 radical (unpaired) electrons. The number of likely N-dealkylation sites (N-methyl/N-ethyl adjacent to an activating group) is 1. The van der Waals surface area contributed by atoms with E-state index in [0.29, 0.717) is 12.1 Å². The van der Waals surface area contributed by atoms with Crippen LogP contribution in [-0.4, -0.2) is 50.8 Å². The zero-order valence-corrected chi connectivity index (χ0v) is 11.8. The highest BCUT2D eigenvalue weighted by molar-refractivity contribution is 4.71. The summed E-state index contributed by atoms with van der Waals surface area (Å²) in [5.41, 5.74) is 0. The maximum Gasteiger partial charge on any atom is 0.0615 e. The van der Waals surface area contributed by atoms with Gasteiger partial charge in [0.2, 0.25) is 0 Å². The second-order valence-electron chi connectivity index (χ2n) is 4.73. The topological polar surface area (TPSA) is 24.5 Å². The Morgan fingerprint density at radius 3 is 2.44 bits per heavy atom. The summed E-state index contributed by atoms with van der Waals surface area (Å²) in [6.45, 7) is 9.72. The van der Waals surface area contributed by atoms with Crippen LogP contribution in [0.5, 0.6) is 0 Å². The molecule has 98 valence electrons. The van der Waals surface area contributed by atoms with Crippen molar-refractivity contribution in [3.8, 4) is 0 Å². The fourth-order valence-electron chi connectivity index (χ4n) is 1.75. The lowest BCUT2D eigenvalue weighted by molar-refractivity contribution is 0.0936. The minimum absolute atomic E-state index is 0.484. The first kappa shape index (κ1) is 15.9. The average molecular weight is 230 g/mol. The van der Waals surface area contributed by atoms with Crippen LogP contribution >= 0.6 is 0 Å². The van der Waals surface area contributed by atoms with Crippen LogP contribution in [0, 0.1) is 0 Å². The van der Waals surface area contributed by atoms with Crippen LogP contribution in [0.15, 0.2) is 0 Å². The molecule has 16 heavy (non-hydrogen) atoms. The number of rotatable bonds is 10. The monoisotopic (exact) mass is 230 g/mol. The molecule has 1 N–H and O–H groups in total. The van der Waals surface area contributed by atoms with Crippen molar-refractivity contribution in [3.63, 3.8) is 0 Å². The van der Waals surface area contributed by atoms with Gasteiger partial charge in [0.15, 0.2) is 0 Å². The third kappa shape index (κ3) is 7.20. The first-order chi connectivity index (χ1) is 7.63. The summed E-state index contributed by atoms with van der Waals surface area (Å²) in [7, 11) is 3.93. The average Bonchev–Trinajstić information content (AvgIpc) is 2.27. The predicted molar refractivity (Wildman–Crippen MR) is 71.0 cm³/mol. The van der Waals surface area contributed by atoms with E-state index >= 15 is 0 Å². The maximum absolute atomic E-state index is 5.17. The van der Waals surface area contributed by atoms with Crippen LogP contribution in [0.1, 0.15) is 40.0 Å². The Bertz CT molecular complexity index is 153. The largest absolute Gasteiger partial charge is 0.383 e. The molecule has 0 saturated heterocycles. The number of methoxy groups -OCH3 is 1. The van der Waals surface area contributed by atoms with Crippen LogP contribution in [0.4, 0.5) is 0 Å². The zero-order valence-electron chi connectivity index (χ0n) is 11.8. The summed E-state index contributed by atoms with van der Waals surface area (Å²) in [5.74, 6) is 0. The SMILES string of the molecule is CCCCCNCC(C)N(C)C(C)COC. The molecule has 0 saturated carbocycles. The number of unbranched alkanes of at least 4 members (excludes halogenated alkanes) is 2. The Morgan fingerprint density at radius 2 is 1.88 bits per heavy atom. The van der Waals surface area contributed by atoms with Crippen LogP contribution in [0.25, 0.3) is 0 Å². The van der Waals surface area contributed by atoms with Gasteiger partial charge in [-0.2, -0.15) is 0 Å². The van der Waals surface area contributed by atoms with Crippen LogP contribution in [-0.2, 0) is 4.74 Å². The lowest BCUT2D eigenvalue weighted by atomic mass is 10.2. The summed E-state index contributed by atoms with van der Waals surface area (Å²) >= 11 is 0. The van der Waals surface area contributed by atoms with E-state index in [-0.39, 0.29) is 0 Å². The molecule has 0 aromatic carbocycles. The summed E-state index contributed by atoms with van der Waals surface area (Å²) < 4.78 is 5.17. The van der Waals surface area contributed by atoms with E-state index in [0.717, 1.165) is 19.7 Å². The molecule has 3 nitrogen and oxygen atoms in total. The molecule has 2 atom stereocenters. The highest BCUT2D eigenvalue weighted by atomic mass is 16.5.